The van der Waals surface area contributed by atoms with Gasteiger partial charge in [0.2, 0.25) is 6.29 Å². The molecule has 0 spiro atoms. The van der Waals surface area contributed by atoms with Crippen LogP contribution in [0.3, 0.4) is 0 Å². The minimum atomic E-state index is -1.62. The predicted molar refractivity (Wildman–Crippen MR) is 127 cm³/mol. The molecule has 1 aliphatic heterocycles. The largest absolute Gasteiger partial charge is 0.466 e. The van der Waals surface area contributed by atoms with Gasteiger partial charge in [-0.1, -0.05) is 12.1 Å². The Morgan fingerprint density at radius 2 is 1.89 bits per heavy atom. The van der Waals surface area contributed by atoms with Crippen LogP contribution < -0.4 is 10.1 Å². The number of ether oxygens (including phenoxy) is 3. The predicted octanol–water partition coefficient (Wildman–Crippen LogP) is -0.486. The van der Waals surface area contributed by atoms with Crippen LogP contribution in [0.4, 0.5) is 0 Å². The van der Waals surface area contributed by atoms with Crippen LogP contribution in [-0.2, 0) is 14.3 Å². The summed E-state index contributed by atoms with van der Waals surface area (Å²) in [5, 5.41) is 43.2. The van der Waals surface area contributed by atoms with Gasteiger partial charge < -0.3 is 44.9 Å². The van der Waals surface area contributed by atoms with E-state index in [4.69, 9.17) is 9.47 Å². The number of Topliss-reactive ketones (excluding diaryl/α,β-unsaturated/α-hetero) is 1. The van der Waals surface area contributed by atoms with Gasteiger partial charge in [0.1, 0.15) is 41.6 Å². The number of aliphatic hydroxyl groups is 4. The van der Waals surface area contributed by atoms with Crippen molar-refractivity contribution in [1.29, 1.82) is 0 Å². The van der Waals surface area contributed by atoms with E-state index in [1.807, 2.05) is 0 Å². The number of aliphatic hydroxyl groups excluding tert-OH is 4. The van der Waals surface area contributed by atoms with Gasteiger partial charge in [-0.3, -0.25) is 9.59 Å². The lowest BCUT2D eigenvalue weighted by Crippen LogP contribution is -2.60. The Kier molecular flexibility index (Phi) is 7.52. The van der Waals surface area contributed by atoms with Gasteiger partial charge in [-0.05, 0) is 12.1 Å². The maximum absolute atomic E-state index is 12.6. The standard InChI is InChI=1S/C24H25N3O10/c1-10(29)17-19-12(8-13(26-17)23(34)25-7-6-16(30)35-2)11-4-3-5-14(18(11)27-19)36-24-22(33)21(32)20(31)15(9-28)37-24/h3-8,15,20-22,24,27-28,31-33H,9H2,1-2H3,(H,25,34). The molecule has 0 saturated carbocycles. The highest BCUT2D eigenvalue weighted by Crippen LogP contribution is 2.35. The van der Waals surface area contributed by atoms with Crippen LogP contribution in [-0.4, -0.2) is 92.5 Å². The highest BCUT2D eigenvalue weighted by atomic mass is 16.7. The highest BCUT2D eigenvalue weighted by molar-refractivity contribution is 6.16. The maximum Gasteiger partial charge on any atom is 0.331 e. The first-order valence-electron chi connectivity index (χ1n) is 11.1. The van der Waals surface area contributed by atoms with Crippen molar-refractivity contribution < 1.29 is 49.0 Å². The average molecular weight is 515 g/mol. The molecule has 3 heterocycles. The number of carbonyl (C=O) groups excluding carboxylic acids is 3. The lowest BCUT2D eigenvalue weighted by atomic mass is 9.99. The summed E-state index contributed by atoms with van der Waals surface area (Å²) < 4.78 is 15.7. The van der Waals surface area contributed by atoms with E-state index in [2.05, 4.69) is 20.0 Å². The smallest absolute Gasteiger partial charge is 0.331 e. The first-order valence-corrected chi connectivity index (χ1v) is 11.1. The second kappa shape index (κ2) is 10.6. The minimum Gasteiger partial charge on any atom is -0.466 e. The van der Waals surface area contributed by atoms with E-state index in [0.717, 1.165) is 12.3 Å². The highest BCUT2D eigenvalue weighted by Gasteiger charge is 2.44. The average Bonchev–Trinajstić information content (AvgIpc) is 3.27. The Hall–Kier alpha value is -3.88. The van der Waals surface area contributed by atoms with Crippen molar-refractivity contribution in [2.24, 2.45) is 0 Å². The van der Waals surface area contributed by atoms with E-state index in [1.165, 1.54) is 20.1 Å². The van der Waals surface area contributed by atoms with Gasteiger partial charge in [-0.15, -0.1) is 0 Å². The number of methoxy groups -OCH3 is 1. The molecule has 1 fully saturated rings. The van der Waals surface area contributed by atoms with E-state index in [0.29, 0.717) is 21.8 Å². The zero-order valence-electron chi connectivity index (χ0n) is 19.7. The number of fused-ring (bicyclic) bond motifs is 3. The lowest BCUT2D eigenvalue weighted by Gasteiger charge is -2.39. The van der Waals surface area contributed by atoms with Crippen LogP contribution in [0, 0.1) is 0 Å². The first kappa shape index (κ1) is 26.2. The fraction of sp³-hybridized carbons (Fsp3) is 0.333. The van der Waals surface area contributed by atoms with E-state index in [-0.39, 0.29) is 17.1 Å². The Morgan fingerprint density at radius 3 is 2.57 bits per heavy atom. The Morgan fingerprint density at radius 1 is 1.14 bits per heavy atom. The van der Waals surface area contributed by atoms with Crippen molar-refractivity contribution in [2.75, 3.05) is 13.7 Å². The maximum atomic E-state index is 12.6. The molecular weight excluding hydrogens is 490 g/mol. The number of nitrogens with zero attached hydrogens (tertiary/aromatic N) is 1. The van der Waals surface area contributed by atoms with Crippen molar-refractivity contribution in [3.8, 4) is 5.75 Å². The van der Waals surface area contributed by atoms with Crippen LogP contribution in [0.15, 0.2) is 36.5 Å². The number of pyridine rings is 1. The van der Waals surface area contributed by atoms with E-state index < -0.39 is 55.0 Å². The molecule has 196 valence electrons. The van der Waals surface area contributed by atoms with Crippen LogP contribution >= 0.6 is 0 Å². The Balaban J connectivity index is 1.74. The molecule has 13 nitrogen and oxygen atoms in total. The van der Waals surface area contributed by atoms with Gasteiger partial charge in [0.15, 0.2) is 5.78 Å². The zero-order valence-corrected chi connectivity index (χ0v) is 19.7. The summed E-state index contributed by atoms with van der Waals surface area (Å²) in [5.41, 5.74) is 0.596. The number of carbonyl (C=O) groups is 3. The number of ketones is 1. The topological polar surface area (TPSA) is 201 Å². The van der Waals surface area contributed by atoms with Crippen LogP contribution in [0.5, 0.6) is 5.75 Å². The summed E-state index contributed by atoms with van der Waals surface area (Å²) >= 11 is 0. The number of para-hydroxylation sites is 1. The van der Waals surface area contributed by atoms with Crippen LogP contribution in [0.25, 0.3) is 21.8 Å². The molecular formula is C24H25N3O10. The quantitative estimate of drug-likeness (QED) is 0.135. The lowest BCUT2D eigenvalue weighted by molar-refractivity contribution is -0.277. The van der Waals surface area contributed by atoms with Crippen LogP contribution in [0.1, 0.15) is 27.9 Å². The van der Waals surface area contributed by atoms with Gasteiger partial charge in [0.25, 0.3) is 5.91 Å². The molecule has 5 atom stereocenters. The summed E-state index contributed by atoms with van der Waals surface area (Å²) in [6.45, 7) is 0.673. The molecule has 0 aliphatic carbocycles. The number of aromatic amines is 1. The second-order valence-electron chi connectivity index (χ2n) is 8.28. The fourth-order valence-electron chi connectivity index (χ4n) is 3.98. The summed E-state index contributed by atoms with van der Waals surface area (Å²) in [5.74, 6) is -1.60. The molecule has 13 heteroatoms. The molecule has 3 aromatic rings. The molecule has 1 aromatic carbocycles. The number of rotatable bonds is 7. The number of esters is 1. The number of benzene rings is 1. The molecule has 1 saturated heterocycles. The molecule has 1 amide bonds. The van der Waals surface area contributed by atoms with Gasteiger partial charge in [0, 0.05) is 30.0 Å². The molecule has 0 bridgehead atoms. The molecule has 5 unspecified atom stereocenters. The number of aromatic nitrogens is 2. The molecule has 37 heavy (non-hydrogen) atoms. The number of hydrogen-bond acceptors (Lipinski definition) is 11. The van der Waals surface area contributed by atoms with E-state index in [9.17, 15) is 34.8 Å². The van der Waals surface area contributed by atoms with Crippen molar-refractivity contribution in [1.82, 2.24) is 15.3 Å². The van der Waals surface area contributed by atoms with E-state index in [1.54, 1.807) is 18.2 Å². The molecule has 6 N–H and O–H groups in total. The SMILES string of the molecule is COC(=O)C=CNC(=O)c1cc2c([nH]c3c(OC4OC(CO)C(O)C(O)C4O)cccc32)c(C(C)=O)n1. The van der Waals surface area contributed by atoms with Gasteiger partial charge in [-0.2, -0.15) is 0 Å². The summed E-state index contributed by atoms with van der Waals surface area (Å²) in [7, 11) is 1.19. The van der Waals surface area contributed by atoms with Gasteiger partial charge in [0.05, 0.1) is 24.8 Å². The van der Waals surface area contributed by atoms with Crippen molar-refractivity contribution in [3.05, 3.63) is 47.9 Å². The third-order valence-electron chi connectivity index (χ3n) is 5.88. The van der Waals surface area contributed by atoms with Crippen LogP contribution in [0.2, 0.25) is 0 Å². The fourth-order valence-corrected chi connectivity index (χ4v) is 3.98. The van der Waals surface area contributed by atoms with Gasteiger partial charge in [-0.25, -0.2) is 9.78 Å². The van der Waals surface area contributed by atoms with Crippen molar-refractivity contribution >= 4 is 39.5 Å². The van der Waals surface area contributed by atoms with Crippen molar-refractivity contribution in [2.45, 2.75) is 37.6 Å². The molecule has 2 aromatic heterocycles. The minimum absolute atomic E-state index is 0.0189. The third-order valence-corrected chi connectivity index (χ3v) is 5.88. The zero-order chi connectivity index (χ0) is 26.9. The van der Waals surface area contributed by atoms with Gasteiger partial charge >= 0.3 is 5.97 Å². The molecule has 4 rings (SSSR count). The summed E-state index contributed by atoms with van der Waals surface area (Å²) in [6, 6.07) is 6.34. The third kappa shape index (κ3) is 5.03. The number of amides is 1. The Labute approximate surface area is 209 Å². The summed E-state index contributed by atoms with van der Waals surface area (Å²) in [4.78, 5) is 43.5. The normalized spacial score (nSPS) is 23.9. The molecule has 1 aliphatic rings. The molecule has 0 radical (unpaired) electrons. The number of hydrogen-bond donors (Lipinski definition) is 6. The van der Waals surface area contributed by atoms with E-state index >= 15 is 0 Å². The first-order chi connectivity index (χ1) is 17.7. The summed E-state index contributed by atoms with van der Waals surface area (Å²) in [6.07, 6.45) is -5.28. The number of nitrogens with one attached hydrogen (secondary N) is 2. The van der Waals surface area contributed by atoms with Crippen molar-refractivity contribution in [3.63, 3.8) is 0 Å². The monoisotopic (exact) mass is 515 g/mol. The second-order valence-corrected chi connectivity index (χ2v) is 8.28. The Bertz CT molecular complexity index is 1380. The number of H-pyrrole nitrogens is 1.